The van der Waals surface area contributed by atoms with Crippen molar-refractivity contribution in [3.05, 3.63) is 35.4 Å². The molecule has 7 heteroatoms. The maximum absolute atomic E-state index is 9.62. The Hall–Kier alpha value is -1.67. The van der Waals surface area contributed by atoms with Crippen LogP contribution < -0.4 is 10.6 Å². The Morgan fingerprint density at radius 2 is 1.70 bits per heavy atom. The van der Waals surface area contributed by atoms with Crippen LogP contribution in [0.15, 0.2) is 29.3 Å². The first-order valence-corrected chi connectivity index (χ1v) is 11.3. The summed E-state index contributed by atoms with van der Waals surface area (Å²) in [5.74, 6) is 0.772. The second kappa shape index (κ2) is 15.2. The molecule has 7 nitrogen and oxygen atoms in total. The number of rotatable bonds is 13. The molecule has 1 aliphatic rings. The van der Waals surface area contributed by atoms with Crippen molar-refractivity contribution in [2.75, 3.05) is 53.1 Å². The molecule has 1 aromatic rings. The number of aliphatic imine (C=N–C) groups is 1. The summed E-state index contributed by atoms with van der Waals surface area (Å²) < 4.78 is 11.0. The van der Waals surface area contributed by atoms with E-state index in [2.05, 4.69) is 51.7 Å². The molecule has 1 saturated heterocycles. The maximum Gasteiger partial charge on any atom is 0.191 e. The molecule has 170 valence electrons. The van der Waals surface area contributed by atoms with Crippen molar-refractivity contribution in [1.82, 2.24) is 15.5 Å². The van der Waals surface area contributed by atoms with Gasteiger partial charge in [-0.1, -0.05) is 37.6 Å². The molecule has 0 saturated carbocycles. The van der Waals surface area contributed by atoms with Gasteiger partial charge in [-0.2, -0.15) is 0 Å². The van der Waals surface area contributed by atoms with Crippen molar-refractivity contribution in [3.8, 4) is 0 Å². The number of aliphatic hydroxyl groups is 1. The van der Waals surface area contributed by atoms with Crippen molar-refractivity contribution >= 4 is 5.96 Å². The first-order chi connectivity index (χ1) is 14.7. The largest absolute Gasteiger partial charge is 0.393 e. The number of aliphatic hydroxyl groups excluding tert-OH is 1. The third-order valence-electron chi connectivity index (χ3n) is 5.22. The summed E-state index contributed by atoms with van der Waals surface area (Å²) in [6.07, 6.45) is 3.91. The molecule has 3 N–H and O–H groups in total. The van der Waals surface area contributed by atoms with Gasteiger partial charge in [0.15, 0.2) is 5.96 Å². The summed E-state index contributed by atoms with van der Waals surface area (Å²) in [4.78, 5) is 6.67. The van der Waals surface area contributed by atoms with Crippen LogP contribution in [-0.2, 0) is 22.6 Å². The zero-order chi connectivity index (χ0) is 21.4. The summed E-state index contributed by atoms with van der Waals surface area (Å²) in [6.45, 7) is 9.21. The van der Waals surface area contributed by atoms with Crippen molar-refractivity contribution in [1.29, 1.82) is 0 Å². The van der Waals surface area contributed by atoms with Crippen molar-refractivity contribution in [2.45, 2.75) is 51.8 Å². The van der Waals surface area contributed by atoms with Gasteiger partial charge in [-0.25, -0.2) is 0 Å². The minimum absolute atomic E-state index is 0.117. The fourth-order valence-corrected chi connectivity index (χ4v) is 3.31. The predicted octanol–water partition coefficient (Wildman–Crippen LogP) is 2.14. The van der Waals surface area contributed by atoms with E-state index in [0.717, 1.165) is 64.4 Å². The average molecular weight is 421 g/mol. The smallest absolute Gasteiger partial charge is 0.191 e. The number of likely N-dealkylation sites (tertiary alicyclic amines) is 1. The number of nitrogens with zero attached hydrogens (tertiary/aromatic N) is 2. The van der Waals surface area contributed by atoms with E-state index in [1.54, 1.807) is 7.05 Å². The van der Waals surface area contributed by atoms with E-state index in [4.69, 9.17) is 9.47 Å². The van der Waals surface area contributed by atoms with Crippen molar-refractivity contribution in [3.63, 3.8) is 0 Å². The molecule has 0 atom stereocenters. The van der Waals surface area contributed by atoms with Crippen LogP contribution in [0.5, 0.6) is 0 Å². The minimum Gasteiger partial charge on any atom is -0.393 e. The van der Waals surface area contributed by atoms with Gasteiger partial charge in [-0.15, -0.1) is 0 Å². The molecule has 1 aliphatic heterocycles. The molecule has 0 bridgehead atoms. The molecular weight excluding hydrogens is 380 g/mol. The molecule has 0 aromatic heterocycles. The van der Waals surface area contributed by atoms with Crippen molar-refractivity contribution < 1.29 is 14.6 Å². The quantitative estimate of drug-likeness (QED) is 0.258. The summed E-state index contributed by atoms with van der Waals surface area (Å²) in [7, 11) is 1.77. The van der Waals surface area contributed by atoms with Gasteiger partial charge in [-0.3, -0.25) is 9.89 Å². The molecule has 2 rings (SSSR count). The van der Waals surface area contributed by atoms with Gasteiger partial charge in [-0.05, 0) is 30.4 Å². The lowest BCUT2D eigenvalue weighted by atomic mass is 10.1. The molecule has 1 fully saturated rings. The van der Waals surface area contributed by atoms with Crippen LogP contribution in [0.3, 0.4) is 0 Å². The number of benzene rings is 1. The minimum atomic E-state index is -0.117. The zero-order valence-corrected chi connectivity index (χ0v) is 18.7. The van der Waals surface area contributed by atoms with Crippen LogP contribution in [0.2, 0.25) is 0 Å². The molecule has 0 aliphatic carbocycles. The number of piperidine rings is 1. The van der Waals surface area contributed by atoms with E-state index in [0.29, 0.717) is 26.4 Å². The fourth-order valence-electron chi connectivity index (χ4n) is 3.31. The lowest BCUT2D eigenvalue weighted by Crippen LogP contribution is -2.38. The molecule has 0 spiro atoms. The zero-order valence-electron chi connectivity index (χ0n) is 18.7. The van der Waals surface area contributed by atoms with Crippen molar-refractivity contribution in [2.24, 2.45) is 4.99 Å². The first kappa shape index (κ1) is 24.6. The van der Waals surface area contributed by atoms with E-state index in [-0.39, 0.29) is 6.10 Å². The van der Waals surface area contributed by atoms with E-state index >= 15 is 0 Å². The second-order valence-electron chi connectivity index (χ2n) is 7.75. The highest BCUT2D eigenvalue weighted by atomic mass is 16.5. The third kappa shape index (κ3) is 10.4. The lowest BCUT2D eigenvalue weighted by Gasteiger charge is -2.29. The van der Waals surface area contributed by atoms with Crippen LogP contribution >= 0.6 is 0 Å². The van der Waals surface area contributed by atoms with E-state index in [1.165, 1.54) is 11.1 Å². The van der Waals surface area contributed by atoms with Gasteiger partial charge in [0.05, 0.1) is 25.9 Å². The average Bonchev–Trinajstić information content (AvgIpc) is 2.77. The number of nitrogens with one attached hydrogen (secondary N) is 2. The highest BCUT2D eigenvalue weighted by molar-refractivity contribution is 5.79. The highest BCUT2D eigenvalue weighted by Gasteiger charge is 2.16. The molecular formula is C23H40N4O3. The Bertz CT molecular complexity index is 587. The van der Waals surface area contributed by atoms with E-state index < -0.39 is 0 Å². The van der Waals surface area contributed by atoms with Crippen LogP contribution in [0, 0.1) is 0 Å². The molecule has 0 amide bonds. The van der Waals surface area contributed by atoms with Crippen LogP contribution in [0.4, 0.5) is 0 Å². The molecule has 1 aromatic carbocycles. The SMILES string of the molecule is CCCCOCCOCCNC(=NC)NCc1ccc(CN2CCC(O)CC2)cc1. The predicted molar refractivity (Wildman–Crippen MR) is 122 cm³/mol. The van der Waals surface area contributed by atoms with Crippen LogP contribution in [-0.4, -0.2) is 75.2 Å². The number of hydrogen-bond donors (Lipinski definition) is 3. The Kier molecular flexibility index (Phi) is 12.4. The summed E-state index contributed by atoms with van der Waals surface area (Å²) in [5, 5.41) is 16.2. The fraction of sp³-hybridized carbons (Fsp3) is 0.696. The van der Waals surface area contributed by atoms with Gasteiger partial charge in [0, 0.05) is 46.4 Å². The lowest BCUT2D eigenvalue weighted by molar-refractivity contribution is 0.0487. The van der Waals surface area contributed by atoms with Gasteiger partial charge in [0.1, 0.15) is 0 Å². The van der Waals surface area contributed by atoms with E-state index in [9.17, 15) is 5.11 Å². The third-order valence-corrected chi connectivity index (χ3v) is 5.22. The first-order valence-electron chi connectivity index (χ1n) is 11.3. The Labute approximate surface area is 181 Å². The summed E-state index contributed by atoms with van der Waals surface area (Å²) >= 11 is 0. The van der Waals surface area contributed by atoms with Crippen LogP contribution in [0.1, 0.15) is 43.7 Å². The van der Waals surface area contributed by atoms with Gasteiger partial charge in [0.2, 0.25) is 0 Å². The normalized spacial score (nSPS) is 16.0. The van der Waals surface area contributed by atoms with Crippen LogP contribution in [0.25, 0.3) is 0 Å². The maximum atomic E-state index is 9.62. The van der Waals surface area contributed by atoms with Gasteiger partial charge >= 0.3 is 0 Å². The Morgan fingerprint density at radius 3 is 2.37 bits per heavy atom. The molecule has 0 unspecified atom stereocenters. The molecule has 1 heterocycles. The van der Waals surface area contributed by atoms with E-state index in [1.807, 2.05) is 0 Å². The monoisotopic (exact) mass is 420 g/mol. The Balaban J connectivity index is 1.57. The molecule has 0 radical (unpaired) electrons. The van der Waals surface area contributed by atoms with Gasteiger partial charge < -0.3 is 25.2 Å². The number of guanidine groups is 1. The highest BCUT2D eigenvalue weighted by Crippen LogP contribution is 2.14. The molecule has 30 heavy (non-hydrogen) atoms. The summed E-state index contributed by atoms with van der Waals surface area (Å²) in [6, 6.07) is 8.70. The number of hydrogen-bond acceptors (Lipinski definition) is 5. The standard InChI is InChI=1S/C23H40N4O3/c1-3-4-14-29-16-17-30-15-11-25-23(24-2)26-18-20-5-7-21(8-6-20)19-27-12-9-22(28)10-13-27/h5-8,22,28H,3-4,9-19H2,1-2H3,(H2,24,25,26). The summed E-state index contributed by atoms with van der Waals surface area (Å²) in [5.41, 5.74) is 2.53. The number of ether oxygens (including phenoxy) is 2. The Morgan fingerprint density at radius 1 is 1.03 bits per heavy atom. The second-order valence-corrected chi connectivity index (χ2v) is 7.75. The number of unbranched alkanes of at least 4 members (excludes halogenated alkanes) is 1. The topological polar surface area (TPSA) is 78.4 Å². The van der Waals surface area contributed by atoms with Gasteiger partial charge in [0.25, 0.3) is 0 Å².